The van der Waals surface area contributed by atoms with E-state index in [2.05, 4.69) is 0 Å². The maximum atomic E-state index is 11.8. The zero-order valence-corrected chi connectivity index (χ0v) is 11.5. The van der Waals surface area contributed by atoms with Crippen LogP contribution in [0.3, 0.4) is 0 Å². The fourth-order valence-corrected chi connectivity index (χ4v) is 2.07. The van der Waals surface area contributed by atoms with E-state index in [1.165, 1.54) is 6.07 Å². The van der Waals surface area contributed by atoms with E-state index < -0.39 is 17.2 Å². The Hall–Kier alpha value is -3.08. The Bertz CT molecular complexity index is 880. The number of hydrogen-bond acceptors (Lipinski definition) is 4. The van der Waals surface area contributed by atoms with Crippen molar-refractivity contribution in [2.45, 2.75) is 6.61 Å². The van der Waals surface area contributed by atoms with Crippen LogP contribution in [-0.2, 0) is 6.61 Å². The smallest absolute Gasteiger partial charge is 0.371 e. The van der Waals surface area contributed by atoms with Gasteiger partial charge >= 0.3 is 5.97 Å². The maximum Gasteiger partial charge on any atom is 0.371 e. The summed E-state index contributed by atoms with van der Waals surface area (Å²) in [6.45, 7) is 0.370. The number of carbonyl (C=O) groups is 1. The number of carboxylic acid groups (broad SMARTS) is 1. The summed E-state index contributed by atoms with van der Waals surface area (Å²) < 4.78 is 10.8. The normalized spacial score (nSPS) is 10.5. The quantitative estimate of drug-likeness (QED) is 0.800. The summed E-state index contributed by atoms with van der Waals surface area (Å²) in [5.41, 5.74) is 0.798. The molecule has 1 N–H and O–H groups in total. The lowest BCUT2D eigenvalue weighted by Crippen LogP contribution is -2.06. The summed E-state index contributed by atoms with van der Waals surface area (Å²) in [5.74, 6) is -1.17. The van der Waals surface area contributed by atoms with Gasteiger partial charge in [-0.3, -0.25) is 4.79 Å². The fraction of sp³-hybridized carbons (Fsp3) is 0.0588. The van der Waals surface area contributed by atoms with Crippen LogP contribution in [0.25, 0.3) is 11.0 Å². The van der Waals surface area contributed by atoms with Gasteiger partial charge in [-0.25, -0.2) is 4.79 Å². The molecule has 0 aliphatic heterocycles. The van der Waals surface area contributed by atoms with Crippen molar-refractivity contribution >= 4 is 16.9 Å². The van der Waals surface area contributed by atoms with Gasteiger partial charge in [-0.2, -0.15) is 0 Å². The molecule has 1 heterocycles. The Morgan fingerprint density at radius 3 is 2.59 bits per heavy atom. The van der Waals surface area contributed by atoms with Crippen molar-refractivity contribution < 1.29 is 19.1 Å². The van der Waals surface area contributed by atoms with Gasteiger partial charge in [0, 0.05) is 12.1 Å². The number of aromatic carboxylic acids is 1. The van der Waals surface area contributed by atoms with Gasteiger partial charge in [0.05, 0.1) is 5.39 Å². The van der Waals surface area contributed by atoms with Crippen LogP contribution in [0, 0.1) is 0 Å². The molecule has 0 bridgehead atoms. The van der Waals surface area contributed by atoms with Crippen LogP contribution in [0.15, 0.2) is 63.8 Å². The van der Waals surface area contributed by atoms with E-state index in [0.717, 1.165) is 11.6 Å². The largest absolute Gasteiger partial charge is 0.489 e. The van der Waals surface area contributed by atoms with Crippen molar-refractivity contribution in [3.05, 3.63) is 76.1 Å². The van der Waals surface area contributed by atoms with E-state index in [1.54, 1.807) is 12.1 Å². The summed E-state index contributed by atoms with van der Waals surface area (Å²) in [4.78, 5) is 22.8. The number of rotatable bonds is 4. The van der Waals surface area contributed by atoms with Gasteiger partial charge in [0.2, 0.25) is 5.76 Å². The Kier molecular flexibility index (Phi) is 3.62. The first kappa shape index (κ1) is 13.9. The van der Waals surface area contributed by atoms with Crippen LogP contribution in [0.1, 0.15) is 16.1 Å². The molecule has 1 aromatic heterocycles. The van der Waals surface area contributed by atoms with Crippen molar-refractivity contribution in [3.63, 3.8) is 0 Å². The molecular weight excluding hydrogens is 284 g/mol. The molecule has 0 fully saturated rings. The fourth-order valence-electron chi connectivity index (χ4n) is 2.07. The number of hydrogen-bond donors (Lipinski definition) is 1. The third-order valence-corrected chi connectivity index (χ3v) is 3.16. The molecule has 2 aromatic carbocycles. The molecule has 0 radical (unpaired) electrons. The second-order valence-electron chi connectivity index (χ2n) is 4.71. The first-order valence-corrected chi connectivity index (χ1v) is 6.61. The molecule has 0 unspecified atom stereocenters. The molecule has 0 aliphatic carbocycles. The molecule has 0 spiro atoms. The Balaban J connectivity index is 1.91. The zero-order valence-electron chi connectivity index (χ0n) is 11.5. The van der Waals surface area contributed by atoms with Crippen molar-refractivity contribution in [2.24, 2.45) is 0 Å². The predicted molar refractivity (Wildman–Crippen MR) is 80.2 cm³/mol. The third kappa shape index (κ3) is 2.83. The van der Waals surface area contributed by atoms with Gasteiger partial charge in [-0.05, 0) is 17.7 Å². The second-order valence-corrected chi connectivity index (χ2v) is 4.71. The summed E-state index contributed by atoms with van der Waals surface area (Å²) in [6.07, 6.45) is 0. The second kappa shape index (κ2) is 5.73. The molecular formula is C17H12O5. The molecule has 5 heteroatoms. The molecule has 0 saturated carbocycles. The van der Waals surface area contributed by atoms with E-state index in [-0.39, 0.29) is 5.58 Å². The Labute approximate surface area is 125 Å². The van der Waals surface area contributed by atoms with Crippen molar-refractivity contribution in [1.29, 1.82) is 0 Å². The monoisotopic (exact) mass is 296 g/mol. The molecule has 3 rings (SSSR count). The molecule has 0 amide bonds. The molecule has 22 heavy (non-hydrogen) atoms. The zero-order chi connectivity index (χ0) is 15.5. The van der Waals surface area contributed by atoms with Crippen molar-refractivity contribution in [2.75, 3.05) is 0 Å². The lowest BCUT2D eigenvalue weighted by molar-refractivity contribution is 0.0663. The molecule has 110 valence electrons. The highest BCUT2D eigenvalue weighted by molar-refractivity contribution is 5.87. The van der Waals surface area contributed by atoms with Crippen LogP contribution >= 0.6 is 0 Å². The molecule has 0 aliphatic rings. The van der Waals surface area contributed by atoms with Gasteiger partial charge < -0.3 is 14.3 Å². The first-order chi connectivity index (χ1) is 10.6. The number of ether oxygens (including phenoxy) is 1. The number of benzene rings is 2. The first-order valence-electron chi connectivity index (χ1n) is 6.61. The van der Waals surface area contributed by atoms with Crippen LogP contribution in [-0.4, -0.2) is 11.1 Å². The number of carboxylic acids is 1. The Morgan fingerprint density at radius 1 is 1.09 bits per heavy atom. The summed E-state index contributed by atoms with van der Waals surface area (Å²) in [5, 5.41) is 9.24. The van der Waals surface area contributed by atoms with Crippen molar-refractivity contribution in [1.82, 2.24) is 0 Å². The third-order valence-electron chi connectivity index (χ3n) is 3.16. The molecule has 5 nitrogen and oxygen atoms in total. The van der Waals surface area contributed by atoms with Crippen LogP contribution in [0.2, 0.25) is 0 Å². The van der Waals surface area contributed by atoms with E-state index in [4.69, 9.17) is 14.3 Å². The lowest BCUT2D eigenvalue weighted by Gasteiger charge is -2.07. The highest BCUT2D eigenvalue weighted by Gasteiger charge is 2.11. The molecule has 0 atom stereocenters. The standard InChI is InChI=1S/C17H12O5/c18-14-9-16(17(19)20)22-15-8-12(6-7-13(14)15)21-10-11-4-2-1-3-5-11/h1-9H,10H2,(H,19,20). The SMILES string of the molecule is O=C(O)c1cc(=O)c2ccc(OCc3ccccc3)cc2o1. The topological polar surface area (TPSA) is 76.7 Å². The minimum atomic E-state index is -1.28. The van der Waals surface area contributed by atoms with Gasteiger partial charge in [0.25, 0.3) is 0 Å². The van der Waals surface area contributed by atoms with E-state index in [9.17, 15) is 9.59 Å². The molecule has 3 aromatic rings. The van der Waals surface area contributed by atoms with Gasteiger partial charge in [-0.1, -0.05) is 30.3 Å². The molecule has 0 saturated heterocycles. The minimum Gasteiger partial charge on any atom is -0.489 e. The van der Waals surface area contributed by atoms with Gasteiger partial charge in [0.15, 0.2) is 5.43 Å². The van der Waals surface area contributed by atoms with Crippen LogP contribution < -0.4 is 10.2 Å². The van der Waals surface area contributed by atoms with Crippen LogP contribution in [0.4, 0.5) is 0 Å². The van der Waals surface area contributed by atoms with E-state index >= 15 is 0 Å². The predicted octanol–water partition coefficient (Wildman–Crippen LogP) is 3.07. The van der Waals surface area contributed by atoms with Crippen molar-refractivity contribution in [3.8, 4) is 5.75 Å². The van der Waals surface area contributed by atoms with E-state index in [1.807, 2.05) is 30.3 Å². The summed E-state index contributed by atoms with van der Waals surface area (Å²) >= 11 is 0. The minimum absolute atomic E-state index is 0.190. The summed E-state index contributed by atoms with van der Waals surface area (Å²) in [7, 11) is 0. The highest BCUT2D eigenvalue weighted by Crippen LogP contribution is 2.20. The average Bonchev–Trinajstić information content (AvgIpc) is 2.53. The van der Waals surface area contributed by atoms with E-state index in [0.29, 0.717) is 17.7 Å². The number of fused-ring (bicyclic) bond motifs is 1. The average molecular weight is 296 g/mol. The maximum absolute atomic E-state index is 11.8. The van der Waals surface area contributed by atoms with Gasteiger partial charge in [-0.15, -0.1) is 0 Å². The Morgan fingerprint density at radius 2 is 1.86 bits per heavy atom. The summed E-state index contributed by atoms with van der Waals surface area (Å²) in [6, 6.07) is 15.3. The lowest BCUT2D eigenvalue weighted by atomic mass is 10.2. The van der Waals surface area contributed by atoms with Gasteiger partial charge in [0.1, 0.15) is 17.9 Å². The van der Waals surface area contributed by atoms with Crippen LogP contribution in [0.5, 0.6) is 5.75 Å². The highest BCUT2D eigenvalue weighted by atomic mass is 16.5.